The molecule has 0 saturated heterocycles. The maximum atomic E-state index is 12.0. The van der Waals surface area contributed by atoms with Crippen molar-refractivity contribution in [3.8, 4) is 0 Å². The predicted molar refractivity (Wildman–Crippen MR) is 78.5 cm³/mol. The van der Waals surface area contributed by atoms with Crippen molar-refractivity contribution in [3.63, 3.8) is 0 Å². The SMILES string of the molecule is CC(O)(CNC(=O)c1ccc([N+](=O)[O-])cc1)Cc1ccco1. The molecule has 1 atom stereocenters. The number of amides is 1. The van der Waals surface area contributed by atoms with E-state index in [1.165, 1.54) is 30.5 Å². The van der Waals surface area contributed by atoms with Crippen molar-refractivity contribution in [3.05, 3.63) is 64.1 Å². The molecule has 1 aromatic carbocycles. The van der Waals surface area contributed by atoms with Gasteiger partial charge in [0.15, 0.2) is 0 Å². The molecule has 7 nitrogen and oxygen atoms in total. The van der Waals surface area contributed by atoms with Gasteiger partial charge in [-0.3, -0.25) is 14.9 Å². The van der Waals surface area contributed by atoms with Crippen LogP contribution in [0.1, 0.15) is 23.0 Å². The lowest BCUT2D eigenvalue weighted by atomic mass is 10.0. The Hall–Kier alpha value is -2.67. The number of carbonyl (C=O) groups is 1. The minimum atomic E-state index is -1.16. The summed E-state index contributed by atoms with van der Waals surface area (Å²) in [6.45, 7) is 1.62. The highest BCUT2D eigenvalue weighted by Crippen LogP contribution is 2.14. The van der Waals surface area contributed by atoms with Crippen LogP contribution < -0.4 is 5.32 Å². The Balaban J connectivity index is 1.92. The molecule has 0 fully saturated rings. The molecule has 0 aliphatic carbocycles. The largest absolute Gasteiger partial charge is 0.469 e. The second-order valence-corrected chi connectivity index (χ2v) is 5.24. The van der Waals surface area contributed by atoms with Crippen LogP contribution >= 0.6 is 0 Å². The standard InChI is InChI=1S/C15H16N2O5/c1-15(19,9-13-3-2-8-22-13)10-16-14(18)11-4-6-12(7-5-11)17(20)21/h2-8,19H,9-10H2,1H3,(H,16,18). The Bertz CT molecular complexity index is 647. The van der Waals surface area contributed by atoms with Gasteiger partial charge in [0.25, 0.3) is 11.6 Å². The van der Waals surface area contributed by atoms with E-state index in [9.17, 15) is 20.0 Å². The van der Waals surface area contributed by atoms with E-state index < -0.39 is 16.4 Å². The highest BCUT2D eigenvalue weighted by Gasteiger charge is 2.23. The smallest absolute Gasteiger partial charge is 0.269 e. The summed E-state index contributed by atoms with van der Waals surface area (Å²) in [7, 11) is 0. The third-order valence-corrected chi connectivity index (χ3v) is 3.11. The quantitative estimate of drug-likeness (QED) is 0.626. The number of nitro groups is 1. The summed E-state index contributed by atoms with van der Waals surface area (Å²) < 4.78 is 5.16. The summed E-state index contributed by atoms with van der Waals surface area (Å²) in [6, 6.07) is 8.72. The molecule has 22 heavy (non-hydrogen) atoms. The summed E-state index contributed by atoms with van der Waals surface area (Å²) in [5.41, 5.74) is -0.949. The van der Waals surface area contributed by atoms with Crippen molar-refractivity contribution in [1.82, 2.24) is 5.32 Å². The molecule has 116 valence electrons. The molecular weight excluding hydrogens is 288 g/mol. The Kier molecular flexibility index (Phi) is 4.57. The number of hydrogen-bond donors (Lipinski definition) is 2. The molecule has 7 heteroatoms. The van der Waals surface area contributed by atoms with Crippen molar-refractivity contribution in [1.29, 1.82) is 0 Å². The van der Waals surface area contributed by atoms with Gasteiger partial charge in [-0.05, 0) is 31.2 Å². The second kappa shape index (κ2) is 6.40. The maximum Gasteiger partial charge on any atom is 0.269 e. The third kappa shape index (κ3) is 4.16. The molecule has 2 aromatic rings. The van der Waals surface area contributed by atoms with E-state index in [0.29, 0.717) is 11.3 Å². The van der Waals surface area contributed by atoms with Crippen molar-refractivity contribution in [2.75, 3.05) is 6.54 Å². The number of nitrogens with one attached hydrogen (secondary N) is 1. The normalized spacial score (nSPS) is 13.4. The van der Waals surface area contributed by atoms with Crippen LogP contribution in [0.25, 0.3) is 0 Å². The summed E-state index contributed by atoms with van der Waals surface area (Å²) >= 11 is 0. The number of hydrogen-bond acceptors (Lipinski definition) is 5. The maximum absolute atomic E-state index is 12.0. The molecule has 1 amide bonds. The average molecular weight is 304 g/mol. The zero-order valence-electron chi connectivity index (χ0n) is 12.0. The van der Waals surface area contributed by atoms with Gasteiger partial charge in [0.2, 0.25) is 0 Å². The minimum absolute atomic E-state index is 0.0313. The molecule has 1 unspecified atom stereocenters. The zero-order chi connectivity index (χ0) is 16.2. The average Bonchev–Trinajstić information content (AvgIpc) is 2.97. The lowest BCUT2D eigenvalue weighted by Crippen LogP contribution is -2.42. The number of aliphatic hydroxyl groups is 1. The van der Waals surface area contributed by atoms with Crippen LogP contribution in [0.2, 0.25) is 0 Å². The third-order valence-electron chi connectivity index (χ3n) is 3.11. The van der Waals surface area contributed by atoms with E-state index in [4.69, 9.17) is 4.42 Å². The zero-order valence-corrected chi connectivity index (χ0v) is 12.0. The van der Waals surface area contributed by atoms with E-state index in [1.54, 1.807) is 19.1 Å². The van der Waals surface area contributed by atoms with Crippen molar-refractivity contribution in [2.24, 2.45) is 0 Å². The van der Waals surface area contributed by atoms with Crippen LogP contribution in [0.15, 0.2) is 47.1 Å². The number of carbonyl (C=O) groups excluding carboxylic acids is 1. The van der Waals surface area contributed by atoms with E-state index in [2.05, 4.69) is 5.32 Å². The first-order valence-electron chi connectivity index (χ1n) is 6.65. The fourth-order valence-electron chi connectivity index (χ4n) is 1.96. The van der Waals surface area contributed by atoms with Gasteiger partial charge in [-0.2, -0.15) is 0 Å². The number of furan rings is 1. The summed E-state index contributed by atoms with van der Waals surface area (Å²) in [5, 5.41) is 23.4. The van der Waals surface area contributed by atoms with Gasteiger partial charge < -0.3 is 14.8 Å². The molecule has 1 aromatic heterocycles. The van der Waals surface area contributed by atoms with Gasteiger partial charge in [0, 0.05) is 30.7 Å². The first kappa shape index (κ1) is 15.7. The predicted octanol–water partition coefficient (Wildman–Crippen LogP) is 1.91. The molecule has 1 heterocycles. The van der Waals surface area contributed by atoms with Gasteiger partial charge in [0.05, 0.1) is 16.8 Å². The van der Waals surface area contributed by atoms with E-state index in [-0.39, 0.29) is 18.7 Å². The molecular formula is C15H16N2O5. The Labute approximate surface area is 126 Å². The lowest BCUT2D eigenvalue weighted by Gasteiger charge is -2.22. The van der Waals surface area contributed by atoms with Gasteiger partial charge in [-0.1, -0.05) is 0 Å². The van der Waals surface area contributed by atoms with Crippen LogP contribution in [0, 0.1) is 10.1 Å². The summed E-state index contributed by atoms with van der Waals surface area (Å²) in [4.78, 5) is 22.0. The van der Waals surface area contributed by atoms with E-state index in [1.807, 2.05) is 0 Å². The first-order valence-corrected chi connectivity index (χ1v) is 6.65. The fourth-order valence-corrected chi connectivity index (χ4v) is 1.96. The highest BCUT2D eigenvalue weighted by molar-refractivity contribution is 5.94. The van der Waals surface area contributed by atoms with Crippen molar-refractivity contribution >= 4 is 11.6 Å². The topological polar surface area (TPSA) is 106 Å². The number of nitrogens with zero attached hydrogens (tertiary/aromatic N) is 1. The van der Waals surface area contributed by atoms with Crippen LogP contribution in [0.3, 0.4) is 0 Å². The minimum Gasteiger partial charge on any atom is -0.469 e. The van der Waals surface area contributed by atoms with Gasteiger partial charge in [0.1, 0.15) is 5.76 Å². The molecule has 0 saturated carbocycles. The summed E-state index contributed by atoms with van der Waals surface area (Å²) in [5.74, 6) is 0.212. The fraction of sp³-hybridized carbons (Fsp3) is 0.267. The molecule has 0 aliphatic rings. The number of nitro benzene ring substituents is 1. The monoisotopic (exact) mass is 304 g/mol. The van der Waals surface area contributed by atoms with Crippen LogP contribution in [-0.2, 0) is 6.42 Å². The second-order valence-electron chi connectivity index (χ2n) is 5.24. The Morgan fingerprint density at radius 3 is 2.59 bits per heavy atom. The molecule has 0 aliphatic heterocycles. The molecule has 0 spiro atoms. The Morgan fingerprint density at radius 1 is 1.36 bits per heavy atom. The highest BCUT2D eigenvalue weighted by atomic mass is 16.6. The number of benzene rings is 1. The van der Waals surface area contributed by atoms with Crippen LogP contribution in [0.5, 0.6) is 0 Å². The number of non-ortho nitro benzene ring substituents is 1. The van der Waals surface area contributed by atoms with Crippen molar-refractivity contribution in [2.45, 2.75) is 18.9 Å². The number of rotatable bonds is 6. The Morgan fingerprint density at radius 2 is 2.05 bits per heavy atom. The molecule has 0 radical (unpaired) electrons. The van der Waals surface area contributed by atoms with E-state index in [0.717, 1.165) is 0 Å². The summed E-state index contributed by atoms with van der Waals surface area (Å²) in [6.07, 6.45) is 1.78. The first-order chi connectivity index (χ1) is 10.4. The molecule has 0 bridgehead atoms. The van der Waals surface area contributed by atoms with Crippen LogP contribution in [-0.4, -0.2) is 28.1 Å². The van der Waals surface area contributed by atoms with E-state index >= 15 is 0 Å². The lowest BCUT2D eigenvalue weighted by molar-refractivity contribution is -0.384. The van der Waals surface area contributed by atoms with Gasteiger partial charge in [-0.15, -0.1) is 0 Å². The van der Waals surface area contributed by atoms with Crippen LogP contribution in [0.4, 0.5) is 5.69 Å². The van der Waals surface area contributed by atoms with Gasteiger partial charge >= 0.3 is 0 Å². The molecule has 2 N–H and O–H groups in total. The molecule has 2 rings (SSSR count). The van der Waals surface area contributed by atoms with Crippen molar-refractivity contribution < 1.29 is 19.2 Å². The van der Waals surface area contributed by atoms with Gasteiger partial charge in [-0.25, -0.2) is 0 Å².